The summed E-state index contributed by atoms with van der Waals surface area (Å²) < 4.78 is 1.63. The lowest BCUT2D eigenvalue weighted by Crippen LogP contribution is -2.20. The summed E-state index contributed by atoms with van der Waals surface area (Å²) in [7, 11) is 3.70. The van der Waals surface area contributed by atoms with E-state index in [2.05, 4.69) is 28.0 Å². The fourth-order valence-electron chi connectivity index (χ4n) is 1.81. The first-order valence-corrected chi connectivity index (χ1v) is 6.43. The van der Waals surface area contributed by atoms with Crippen molar-refractivity contribution < 1.29 is 4.79 Å². The Kier molecular flexibility index (Phi) is 4.37. The van der Waals surface area contributed by atoms with Gasteiger partial charge in [-0.15, -0.1) is 0 Å². The van der Waals surface area contributed by atoms with Crippen molar-refractivity contribution in [2.45, 2.75) is 13.0 Å². The van der Waals surface area contributed by atoms with Crippen LogP contribution in [0.5, 0.6) is 0 Å². The Balaban J connectivity index is 2.00. The Bertz CT molecular complexity index is 593. The number of nitrogens with one attached hydrogen (secondary N) is 3. The van der Waals surface area contributed by atoms with Gasteiger partial charge in [-0.3, -0.25) is 10.00 Å². The minimum absolute atomic E-state index is 0.232. The Morgan fingerprint density at radius 3 is 2.75 bits per heavy atom. The van der Waals surface area contributed by atoms with Crippen molar-refractivity contribution in [1.82, 2.24) is 15.1 Å². The number of carbonyl (C=O) groups is 1. The van der Waals surface area contributed by atoms with Gasteiger partial charge in [0.25, 0.3) is 0 Å². The van der Waals surface area contributed by atoms with Crippen LogP contribution in [0.4, 0.5) is 16.3 Å². The molecule has 0 saturated heterocycles. The van der Waals surface area contributed by atoms with Crippen LogP contribution in [0.25, 0.3) is 0 Å². The number of rotatable bonds is 4. The summed E-state index contributed by atoms with van der Waals surface area (Å²) >= 11 is 0. The van der Waals surface area contributed by atoms with Crippen molar-refractivity contribution in [3.8, 4) is 0 Å². The van der Waals surface area contributed by atoms with E-state index in [4.69, 9.17) is 0 Å². The minimum atomic E-state index is -0.307. The van der Waals surface area contributed by atoms with Gasteiger partial charge in [0.05, 0.1) is 0 Å². The minimum Gasteiger partial charge on any atom is -0.313 e. The van der Waals surface area contributed by atoms with E-state index in [1.807, 2.05) is 31.3 Å². The number of hydrogen-bond donors (Lipinski definition) is 3. The number of hydrogen-bond acceptors (Lipinski definition) is 3. The zero-order valence-corrected chi connectivity index (χ0v) is 11.8. The van der Waals surface area contributed by atoms with Gasteiger partial charge in [-0.1, -0.05) is 12.1 Å². The summed E-state index contributed by atoms with van der Waals surface area (Å²) in [4.78, 5) is 11.9. The third-order valence-corrected chi connectivity index (χ3v) is 3.03. The molecule has 0 radical (unpaired) electrons. The summed E-state index contributed by atoms with van der Waals surface area (Å²) in [5.41, 5.74) is 1.86. The van der Waals surface area contributed by atoms with Crippen molar-refractivity contribution in [1.29, 1.82) is 0 Å². The Hall–Kier alpha value is -2.34. The Morgan fingerprint density at radius 1 is 1.30 bits per heavy atom. The zero-order chi connectivity index (χ0) is 14.5. The molecule has 1 heterocycles. The highest BCUT2D eigenvalue weighted by Crippen LogP contribution is 2.17. The molecule has 1 aromatic carbocycles. The summed E-state index contributed by atoms with van der Waals surface area (Å²) in [5.74, 6) is 0.518. The molecule has 0 spiro atoms. The molecular formula is C14H19N5O. The molecule has 0 aliphatic heterocycles. The van der Waals surface area contributed by atoms with Crippen LogP contribution in [0.3, 0.4) is 0 Å². The van der Waals surface area contributed by atoms with Crippen molar-refractivity contribution in [2.24, 2.45) is 7.05 Å². The molecule has 0 bridgehead atoms. The van der Waals surface area contributed by atoms with Gasteiger partial charge in [-0.05, 0) is 31.7 Å². The first-order chi connectivity index (χ1) is 9.58. The highest BCUT2D eigenvalue weighted by Gasteiger charge is 2.07. The zero-order valence-electron chi connectivity index (χ0n) is 11.8. The average molecular weight is 273 g/mol. The molecule has 3 N–H and O–H groups in total. The van der Waals surface area contributed by atoms with E-state index >= 15 is 0 Å². The maximum absolute atomic E-state index is 11.9. The third kappa shape index (κ3) is 3.58. The number of aryl methyl sites for hydroxylation is 1. The third-order valence-electron chi connectivity index (χ3n) is 3.03. The van der Waals surface area contributed by atoms with Gasteiger partial charge in [0.15, 0.2) is 5.82 Å². The standard InChI is InChI=1S/C14H19N5O/c1-10(15-2)11-5-4-6-12(9-11)16-14(20)17-13-7-8-19(3)18-13/h4-10,15H,1-3H3,(H2,16,17,18,20). The van der Waals surface area contributed by atoms with Crippen LogP contribution in [0.15, 0.2) is 36.5 Å². The topological polar surface area (TPSA) is 71.0 Å². The van der Waals surface area contributed by atoms with Gasteiger partial charge in [0.1, 0.15) is 0 Å². The second-order valence-corrected chi connectivity index (χ2v) is 4.59. The fourth-order valence-corrected chi connectivity index (χ4v) is 1.81. The lowest BCUT2D eigenvalue weighted by Gasteiger charge is -2.12. The number of aromatic nitrogens is 2. The van der Waals surface area contributed by atoms with Crippen LogP contribution in [0, 0.1) is 0 Å². The molecule has 1 unspecified atom stereocenters. The second kappa shape index (κ2) is 6.21. The van der Waals surface area contributed by atoms with Gasteiger partial charge >= 0.3 is 6.03 Å². The fraction of sp³-hybridized carbons (Fsp3) is 0.286. The van der Waals surface area contributed by atoms with Gasteiger partial charge in [-0.25, -0.2) is 4.79 Å². The molecular weight excluding hydrogens is 254 g/mol. The van der Waals surface area contributed by atoms with Gasteiger partial charge in [-0.2, -0.15) is 5.10 Å². The molecule has 2 amide bonds. The number of amides is 2. The van der Waals surface area contributed by atoms with Crippen LogP contribution in [-0.4, -0.2) is 22.9 Å². The van der Waals surface area contributed by atoms with Crippen LogP contribution in [-0.2, 0) is 7.05 Å². The first-order valence-electron chi connectivity index (χ1n) is 6.43. The summed E-state index contributed by atoms with van der Waals surface area (Å²) in [5, 5.41) is 12.7. The average Bonchev–Trinajstić information content (AvgIpc) is 2.83. The predicted molar refractivity (Wildman–Crippen MR) is 79.8 cm³/mol. The quantitative estimate of drug-likeness (QED) is 0.800. The highest BCUT2D eigenvalue weighted by molar-refractivity contribution is 5.99. The molecule has 0 aliphatic carbocycles. The van der Waals surface area contributed by atoms with Gasteiger partial charge in [0.2, 0.25) is 0 Å². The molecule has 0 saturated carbocycles. The monoisotopic (exact) mass is 273 g/mol. The maximum atomic E-state index is 11.9. The number of anilines is 2. The van der Waals surface area contributed by atoms with Crippen molar-refractivity contribution in [3.63, 3.8) is 0 Å². The van der Waals surface area contributed by atoms with E-state index in [0.717, 1.165) is 11.3 Å². The van der Waals surface area contributed by atoms with Crippen molar-refractivity contribution in [3.05, 3.63) is 42.1 Å². The maximum Gasteiger partial charge on any atom is 0.324 e. The largest absolute Gasteiger partial charge is 0.324 e. The number of carbonyl (C=O) groups excluding carboxylic acids is 1. The van der Waals surface area contributed by atoms with Crippen LogP contribution in [0.1, 0.15) is 18.5 Å². The lowest BCUT2D eigenvalue weighted by atomic mass is 10.1. The number of nitrogens with zero attached hydrogens (tertiary/aromatic N) is 2. The normalized spacial score (nSPS) is 11.9. The van der Waals surface area contributed by atoms with E-state index in [-0.39, 0.29) is 12.1 Å². The van der Waals surface area contributed by atoms with E-state index in [9.17, 15) is 4.79 Å². The molecule has 0 aliphatic rings. The van der Waals surface area contributed by atoms with Crippen molar-refractivity contribution in [2.75, 3.05) is 17.7 Å². The van der Waals surface area contributed by atoms with Gasteiger partial charge < -0.3 is 10.6 Å². The van der Waals surface area contributed by atoms with E-state index in [1.54, 1.807) is 24.0 Å². The summed E-state index contributed by atoms with van der Waals surface area (Å²) in [6.45, 7) is 2.06. The predicted octanol–water partition coefficient (Wildman–Crippen LogP) is 2.34. The molecule has 20 heavy (non-hydrogen) atoms. The molecule has 1 aromatic heterocycles. The smallest absolute Gasteiger partial charge is 0.313 e. The molecule has 1 atom stereocenters. The number of urea groups is 1. The van der Waals surface area contributed by atoms with Gasteiger partial charge in [0, 0.05) is 31.0 Å². The Morgan fingerprint density at radius 2 is 2.10 bits per heavy atom. The molecule has 2 rings (SSSR count). The molecule has 6 nitrogen and oxygen atoms in total. The van der Waals surface area contributed by atoms with E-state index in [0.29, 0.717) is 5.82 Å². The van der Waals surface area contributed by atoms with E-state index in [1.165, 1.54) is 0 Å². The summed E-state index contributed by atoms with van der Waals surface area (Å²) in [6.07, 6.45) is 1.77. The highest BCUT2D eigenvalue weighted by atomic mass is 16.2. The van der Waals surface area contributed by atoms with Crippen LogP contribution in [0.2, 0.25) is 0 Å². The lowest BCUT2D eigenvalue weighted by molar-refractivity contribution is 0.262. The Labute approximate surface area is 118 Å². The SMILES string of the molecule is CNC(C)c1cccc(NC(=O)Nc2ccn(C)n2)c1. The summed E-state index contributed by atoms with van der Waals surface area (Å²) in [6, 6.07) is 9.39. The molecule has 106 valence electrons. The molecule has 0 fully saturated rings. The van der Waals surface area contributed by atoms with E-state index < -0.39 is 0 Å². The molecule has 2 aromatic rings. The first kappa shape index (κ1) is 14.1. The number of benzene rings is 1. The van der Waals surface area contributed by atoms with Crippen LogP contribution >= 0.6 is 0 Å². The van der Waals surface area contributed by atoms with Crippen molar-refractivity contribution >= 4 is 17.5 Å². The second-order valence-electron chi connectivity index (χ2n) is 4.59. The van der Waals surface area contributed by atoms with Crippen LogP contribution < -0.4 is 16.0 Å². The molecule has 6 heteroatoms.